The van der Waals surface area contributed by atoms with E-state index >= 15 is 0 Å². The number of rotatable bonds is 8. The number of aliphatic imine (C=N–C) groups is 1. The maximum Gasteiger partial charge on any atom is 0.387 e. The van der Waals surface area contributed by atoms with Crippen LogP contribution in [0.15, 0.2) is 23.2 Å². The molecule has 9 heteroatoms. The molecule has 0 radical (unpaired) electrons. The molecule has 1 aliphatic rings. The smallest absolute Gasteiger partial charge is 0.387 e. The zero-order valence-electron chi connectivity index (χ0n) is 17.6. The highest BCUT2D eigenvalue weighted by Crippen LogP contribution is 2.22. The van der Waals surface area contributed by atoms with E-state index in [1.165, 1.54) is 19.3 Å². The van der Waals surface area contributed by atoms with Gasteiger partial charge in [0.05, 0.1) is 0 Å². The minimum Gasteiger partial charge on any atom is -0.434 e. The molecule has 0 saturated carbocycles. The maximum absolute atomic E-state index is 12.6. The van der Waals surface area contributed by atoms with E-state index in [9.17, 15) is 8.78 Å². The summed E-state index contributed by atoms with van der Waals surface area (Å²) in [5, 5.41) is 15.1. The number of nitrogens with zero attached hydrogens (tertiary/aromatic N) is 4. The monoisotopic (exact) mass is 420 g/mol. The van der Waals surface area contributed by atoms with E-state index in [1.807, 2.05) is 13.0 Å². The van der Waals surface area contributed by atoms with Crippen molar-refractivity contribution >= 4 is 5.96 Å². The van der Waals surface area contributed by atoms with Gasteiger partial charge in [-0.1, -0.05) is 24.1 Å². The molecule has 7 nitrogen and oxygen atoms in total. The van der Waals surface area contributed by atoms with Gasteiger partial charge < -0.3 is 19.9 Å². The lowest BCUT2D eigenvalue weighted by Crippen LogP contribution is -2.37. The molecule has 30 heavy (non-hydrogen) atoms. The number of aryl methyl sites for hydroxylation is 3. The van der Waals surface area contributed by atoms with E-state index in [-0.39, 0.29) is 5.75 Å². The van der Waals surface area contributed by atoms with E-state index in [1.54, 1.807) is 19.2 Å². The third-order valence-corrected chi connectivity index (χ3v) is 5.16. The number of halogens is 2. The number of ether oxygens (including phenoxy) is 1. The molecular weight excluding hydrogens is 390 g/mol. The number of aromatic nitrogens is 3. The molecule has 3 rings (SSSR count). The first-order chi connectivity index (χ1) is 14.6. The standard InChI is InChI=1S/C21H30F2N6O/c1-15-9-10-17(30-20(22)23)16(13-15)14-26-21(24-2)25-11-6-8-19-28-27-18-7-4-3-5-12-29(18)19/h9-10,13,20H,3-8,11-12,14H2,1-2H3,(H2,24,25,26). The number of fused-ring (bicyclic) bond motifs is 1. The number of nitrogens with one attached hydrogen (secondary N) is 2. The van der Waals surface area contributed by atoms with Crippen molar-refractivity contribution < 1.29 is 13.5 Å². The first kappa shape index (κ1) is 22.0. The fourth-order valence-corrected chi connectivity index (χ4v) is 3.64. The van der Waals surface area contributed by atoms with E-state index in [0.29, 0.717) is 18.1 Å². The Kier molecular flexibility index (Phi) is 7.98. The van der Waals surface area contributed by atoms with Crippen LogP contribution in [0.2, 0.25) is 0 Å². The van der Waals surface area contributed by atoms with Crippen molar-refractivity contribution in [2.24, 2.45) is 4.99 Å². The van der Waals surface area contributed by atoms with Crippen LogP contribution in [-0.4, -0.2) is 40.9 Å². The van der Waals surface area contributed by atoms with Crippen molar-refractivity contribution in [1.29, 1.82) is 0 Å². The van der Waals surface area contributed by atoms with Crippen molar-refractivity contribution in [2.45, 2.75) is 65.1 Å². The van der Waals surface area contributed by atoms with Gasteiger partial charge in [0.25, 0.3) is 0 Å². The number of alkyl halides is 2. The number of benzene rings is 1. The van der Waals surface area contributed by atoms with Crippen LogP contribution in [0.1, 0.15) is 48.5 Å². The fraction of sp³-hybridized carbons (Fsp3) is 0.571. The molecule has 2 N–H and O–H groups in total. The minimum absolute atomic E-state index is 0.172. The molecule has 0 spiro atoms. The Morgan fingerprint density at radius 1 is 1.23 bits per heavy atom. The Labute approximate surface area is 175 Å². The Bertz CT molecular complexity index is 852. The molecule has 164 valence electrons. The Morgan fingerprint density at radius 3 is 2.90 bits per heavy atom. The number of guanidine groups is 1. The zero-order valence-corrected chi connectivity index (χ0v) is 17.6. The third-order valence-electron chi connectivity index (χ3n) is 5.16. The Morgan fingerprint density at radius 2 is 2.10 bits per heavy atom. The molecule has 0 atom stereocenters. The van der Waals surface area contributed by atoms with Gasteiger partial charge in [-0.25, -0.2) is 0 Å². The molecule has 2 heterocycles. The second-order valence-corrected chi connectivity index (χ2v) is 7.44. The molecule has 0 fully saturated rings. The van der Waals surface area contributed by atoms with Gasteiger partial charge in [0.2, 0.25) is 0 Å². The number of hydrogen-bond donors (Lipinski definition) is 2. The first-order valence-corrected chi connectivity index (χ1v) is 10.5. The lowest BCUT2D eigenvalue weighted by atomic mass is 10.1. The quantitative estimate of drug-likeness (QED) is 0.390. The predicted molar refractivity (Wildman–Crippen MR) is 112 cm³/mol. The number of hydrogen-bond acceptors (Lipinski definition) is 4. The van der Waals surface area contributed by atoms with Crippen molar-refractivity contribution in [2.75, 3.05) is 13.6 Å². The van der Waals surface area contributed by atoms with E-state index in [2.05, 4.69) is 35.1 Å². The molecule has 1 aromatic heterocycles. The van der Waals surface area contributed by atoms with Crippen LogP contribution in [-0.2, 0) is 25.9 Å². The molecule has 0 bridgehead atoms. The Balaban J connectivity index is 1.47. The summed E-state index contributed by atoms with van der Waals surface area (Å²) in [7, 11) is 1.68. The van der Waals surface area contributed by atoms with Gasteiger partial charge in [0.15, 0.2) is 5.96 Å². The van der Waals surface area contributed by atoms with Gasteiger partial charge in [-0.05, 0) is 32.3 Å². The van der Waals surface area contributed by atoms with E-state index in [4.69, 9.17) is 0 Å². The van der Waals surface area contributed by atoms with Crippen molar-refractivity contribution in [3.8, 4) is 5.75 Å². The molecule has 2 aromatic rings. The third kappa shape index (κ3) is 6.14. The van der Waals surface area contributed by atoms with Gasteiger partial charge in [-0.3, -0.25) is 4.99 Å². The second kappa shape index (κ2) is 10.9. The predicted octanol–water partition coefficient (Wildman–Crippen LogP) is 3.21. The Hall–Kier alpha value is -2.71. The van der Waals surface area contributed by atoms with Crippen molar-refractivity contribution in [3.63, 3.8) is 0 Å². The summed E-state index contributed by atoms with van der Waals surface area (Å²) in [5.41, 5.74) is 1.63. The summed E-state index contributed by atoms with van der Waals surface area (Å²) in [5.74, 6) is 2.93. The highest BCUT2D eigenvalue weighted by Gasteiger charge is 2.14. The fourth-order valence-electron chi connectivity index (χ4n) is 3.64. The van der Waals surface area contributed by atoms with Gasteiger partial charge in [-0.15, -0.1) is 10.2 Å². The molecule has 0 unspecified atom stereocenters. The van der Waals surface area contributed by atoms with E-state index < -0.39 is 6.61 Å². The van der Waals surface area contributed by atoms with Gasteiger partial charge in [0.1, 0.15) is 17.4 Å². The summed E-state index contributed by atoms with van der Waals surface area (Å²) in [4.78, 5) is 4.21. The second-order valence-electron chi connectivity index (χ2n) is 7.44. The maximum atomic E-state index is 12.6. The molecular formula is C21H30F2N6O. The van der Waals surface area contributed by atoms with E-state index in [0.717, 1.165) is 49.6 Å². The average molecular weight is 421 g/mol. The topological polar surface area (TPSA) is 76.4 Å². The lowest BCUT2D eigenvalue weighted by molar-refractivity contribution is -0.0504. The molecule has 0 amide bonds. The minimum atomic E-state index is -2.85. The molecule has 1 aromatic carbocycles. The van der Waals surface area contributed by atoms with Crippen LogP contribution in [0.4, 0.5) is 8.78 Å². The lowest BCUT2D eigenvalue weighted by Gasteiger charge is -2.15. The summed E-state index contributed by atoms with van der Waals surface area (Å²) in [6, 6.07) is 5.14. The summed E-state index contributed by atoms with van der Waals surface area (Å²) in [6.07, 6.45) is 6.37. The van der Waals surface area contributed by atoms with Gasteiger partial charge in [-0.2, -0.15) is 8.78 Å². The van der Waals surface area contributed by atoms with Gasteiger partial charge >= 0.3 is 6.61 Å². The van der Waals surface area contributed by atoms with Crippen molar-refractivity contribution in [3.05, 3.63) is 41.0 Å². The largest absolute Gasteiger partial charge is 0.434 e. The summed E-state index contributed by atoms with van der Waals surface area (Å²) in [6.45, 7) is 1.12. The van der Waals surface area contributed by atoms with Crippen LogP contribution in [0.5, 0.6) is 5.75 Å². The van der Waals surface area contributed by atoms with Crippen LogP contribution in [0.25, 0.3) is 0 Å². The summed E-state index contributed by atoms with van der Waals surface area (Å²) < 4.78 is 32.1. The average Bonchev–Trinajstić information content (AvgIpc) is 2.94. The highest BCUT2D eigenvalue weighted by molar-refractivity contribution is 5.79. The van der Waals surface area contributed by atoms with Crippen LogP contribution in [0, 0.1) is 6.92 Å². The molecule has 1 aliphatic heterocycles. The molecule has 0 aliphatic carbocycles. The molecule has 0 saturated heterocycles. The van der Waals surface area contributed by atoms with Crippen LogP contribution in [0.3, 0.4) is 0 Å². The van der Waals surface area contributed by atoms with Gasteiger partial charge in [0, 0.05) is 45.1 Å². The normalized spacial score (nSPS) is 14.4. The highest BCUT2D eigenvalue weighted by atomic mass is 19.3. The van der Waals surface area contributed by atoms with Crippen LogP contribution < -0.4 is 15.4 Å². The SMILES string of the molecule is CN=C(NCCCc1nnc2n1CCCCC2)NCc1cc(C)ccc1OC(F)F. The zero-order chi connectivity index (χ0) is 21.3. The first-order valence-electron chi connectivity index (χ1n) is 10.5. The van der Waals surface area contributed by atoms with Crippen LogP contribution >= 0.6 is 0 Å². The summed E-state index contributed by atoms with van der Waals surface area (Å²) >= 11 is 0. The van der Waals surface area contributed by atoms with Crippen molar-refractivity contribution in [1.82, 2.24) is 25.4 Å².